The molecule has 1 unspecified atom stereocenters. The Morgan fingerprint density at radius 2 is 2.50 bits per heavy atom. The molecule has 8 heavy (non-hydrogen) atoms. The number of rotatable bonds is 2. The number of ether oxygens (including phenoxy) is 1. The lowest BCUT2D eigenvalue weighted by Gasteiger charge is -1.97. The first-order chi connectivity index (χ1) is 3.68. The first-order valence-corrected chi connectivity index (χ1v) is 3.20. The van der Waals surface area contributed by atoms with Crippen molar-refractivity contribution in [2.24, 2.45) is 0 Å². The van der Waals surface area contributed by atoms with Crippen LogP contribution in [-0.2, 0) is 9.53 Å². The molecule has 0 saturated heterocycles. The lowest BCUT2D eigenvalue weighted by molar-refractivity contribution is -0.141. The minimum absolute atomic E-state index is 0.203. The number of carbonyl (C=O) groups is 1. The van der Waals surface area contributed by atoms with Crippen molar-refractivity contribution in [2.45, 2.75) is 11.8 Å². The number of hydrogen-bond acceptors (Lipinski definition) is 2. The lowest BCUT2D eigenvalue weighted by Crippen LogP contribution is -2.13. The Kier molecular flexibility index (Phi) is 3.69. The van der Waals surface area contributed by atoms with Crippen LogP contribution < -0.4 is 0 Å². The fourth-order valence-corrected chi connectivity index (χ4v) is 0.348. The minimum Gasteiger partial charge on any atom is -0.423 e. The van der Waals surface area contributed by atoms with Crippen molar-refractivity contribution in [3.05, 3.63) is 6.92 Å². The van der Waals surface area contributed by atoms with E-state index >= 15 is 0 Å². The second-order valence-corrected chi connectivity index (χ2v) is 2.66. The van der Waals surface area contributed by atoms with Crippen LogP contribution in [0.2, 0.25) is 0 Å². The molecule has 0 fully saturated rings. The molecule has 0 saturated carbocycles. The summed E-state index contributed by atoms with van der Waals surface area (Å²) in [5.41, 5.74) is 0. The van der Waals surface area contributed by atoms with Gasteiger partial charge in [0.1, 0.15) is 11.8 Å². The van der Waals surface area contributed by atoms with Crippen LogP contribution in [0.1, 0.15) is 6.92 Å². The molecule has 3 heteroatoms. The van der Waals surface area contributed by atoms with E-state index in [1.165, 1.54) is 0 Å². The molecule has 46 valence electrons. The Balaban J connectivity index is 3.33. The van der Waals surface area contributed by atoms with E-state index in [2.05, 4.69) is 27.6 Å². The molecule has 0 aromatic rings. The van der Waals surface area contributed by atoms with E-state index in [1.54, 1.807) is 6.92 Å². The van der Waals surface area contributed by atoms with Gasteiger partial charge < -0.3 is 4.74 Å². The summed E-state index contributed by atoms with van der Waals surface area (Å²) in [5.74, 6) is -0.264. The molecular formula is C5H8BrO2+. The summed E-state index contributed by atoms with van der Waals surface area (Å²) in [5, 5.41) is 0. The molecule has 0 N–H and O–H groups in total. The summed E-state index contributed by atoms with van der Waals surface area (Å²) in [6.07, 6.45) is 0. The van der Waals surface area contributed by atoms with Gasteiger partial charge in [0.2, 0.25) is 6.61 Å². The number of esters is 1. The van der Waals surface area contributed by atoms with Gasteiger partial charge in [-0.15, -0.1) is 0 Å². The molecule has 0 aliphatic rings. The maximum Gasteiger partial charge on any atom is 0.322 e. The Morgan fingerprint density at radius 3 is 2.62 bits per heavy atom. The zero-order chi connectivity index (χ0) is 6.57. The number of hydrogen-bond donors (Lipinski definition) is 0. The summed E-state index contributed by atoms with van der Waals surface area (Å²) in [7, 11) is 0. The Bertz CT molecular complexity index is 80.5. The van der Waals surface area contributed by atoms with E-state index in [4.69, 9.17) is 0 Å². The average Bonchev–Trinajstić information content (AvgIpc) is 1.67. The normalized spacial score (nSPS) is 12.8. The molecule has 0 aliphatic heterocycles. The molecule has 0 aliphatic carbocycles. The van der Waals surface area contributed by atoms with Gasteiger partial charge in [-0.1, -0.05) is 15.9 Å². The smallest absolute Gasteiger partial charge is 0.322 e. The second kappa shape index (κ2) is 3.78. The Hall–Kier alpha value is -0.180. The third-order valence-corrected chi connectivity index (χ3v) is 0.943. The predicted molar refractivity (Wildman–Crippen MR) is 34.7 cm³/mol. The van der Waals surface area contributed by atoms with E-state index in [9.17, 15) is 4.79 Å². The third-order valence-electron chi connectivity index (χ3n) is 0.569. The summed E-state index contributed by atoms with van der Waals surface area (Å²) in [6.45, 7) is 5.25. The minimum atomic E-state index is -0.264. The first kappa shape index (κ1) is 7.82. The maximum atomic E-state index is 10.4. The topological polar surface area (TPSA) is 26.3 Å². The molecule has 0 aromatic carbocycles. The van der Waals surface area contributed by atoms with Gasteiger partial charge in [-0.05, 0) is 6.92 Å². The number of carbonyl (C=O) groups excluding carboxylic acids is 1. The molecule has 0 radical (unpaired) electrons. The van der Waals surface area contributed by atoms with Crippen molar-refractivity contribution in [3.8, 4) is 0 Å². The first-order valence-electron chi connectivity index (χ1n) is 2.28. The van der Waals surface area contributed by atoms with Crippen LogP contribution in [0.15, 0.2) is 0 Å². The largest absolute Gasteiger partial charge is 0.423 e. The fourth-order valence-electron chi connectivity index (χ4n) is 0.215. The van der Waals surface area contributed by atoms with Crippen LogP contribution in [0, 0.1) is 6.92 Å². The van der Waals surface area contributed by atoms with E-state index in [1.807, 2.05) is 0 Å². The van der Waals surface area contributed by atoms with Crippen LogP contribution in [0.3, 0.4) is 0 Å². The van der Waals surface area contributed by atoms with Gasteiger partial charge in [-0.25, -0.2) is 0 Å². The molecule has 0 spiro atoms. The van der Waals surface area contributed by atoms with E-state index < -0.39 is 0 Å². The van der Waals surface area contributed by atoms with Gasteiger partial charge in [0, 0.05) is 0 Å². The SMILES string of the molecule is [CH2+]COC(=O)C(C)Br. The van der Waals surface area contributed by atoms with Crippen LogP contribution in [0.4, 0.5) is 0 Å². The van der Waals surface area contributed by atoms with Crippen LogP contribution in [0.25, 0.3) is 0 Å². The Labute approximate surface area is 57.3 Å². The van der Waals surface area contributed by atoms with Crippen molar-refractivity contribution in [1.29, 1.82) is 0 Å². The van der Waals surface area contributed by atoms with Crippen molar-refractivity contribution >= 4 is 21.9 Å². The summed E-state index contributed by atoms with van der Waals surface area (Å²) in [4.78, 5) is 10.2. The second-order valence-electron chi connectivity index (χ2n) is 1.28. The van der Waals surface area contributed by atoms with Gasteiger partial charge in [-0.2, -0.15) is 0 Å². The highest BCUT2D eigenvalue weighted by atomic mass is 79.9. The molecule has 2 nitrogen and oxygen atoms in total. The highest BCUT2D eigenvalue weighted by Gasteiger charge is 2.08. The molecular weight excluding hydrogens is 172 g/mol. The van der Waals surface area contributed by atoms with Gasteiger partial charge in [0.15, 0.2) is 0 Å². The van der Waals surface area contributed by atoms with Gasteiger partial charge in [0.25, 0.3) is 0 Å². The van der Waals surface area contributed by atoms with Crippen LogP contribution in [0.5, 0.6) is 0 Å². The highest BCUT2D eigenvalue weighted by Crippen LogP contribution is 1.98. The Morgan fingerprint density at radius 1 is 2.00 bits per heavy atom. The maximum absolute atomic E-state index is 10.4. The van der Waals surface area contributed by atoms with Gasteiger partial charge in [0.05, 0.1) is 0 Å². The van der Waals surface area contributed by atoms with Crippen molar-refractivity contribution in [1.82, 2.24) is 0 Å². The molecule has 0 amide bonds. The van der Waals surface area contributed by atoms with Crippen molar-refractivity contribution in [2.75, 3.05) is 6.61 Å². The van der Waals surface area contributed by atoms with E-state index in [0.29, 0.717) is 0 Å². The van der Waals surface area contributed by atoms with Gasteiger partial charge >= 0.3 is 5.97 Å². The summed E-state index contributed by atoms with van der Waals surface area (Å²) in [6, 6.07) is 0. The third kappa shape index (κ3) is 2.91. The predicted octanol–water partition coefficient (Wildman–Crippen LogP) is 1.15. The van der Waals surface area contributed by atoms with Crippen molar-refractivity contribution < 1.29 is 9.53 Å². The van der Waals surface area contributed by atoms with Crippen molar-refractivity contribution in [3.63, 3.8) is 0 Å². The monoisotopic (exact) mass is 179 g/mol. The average molecular weight is 180 g/mol. The van der Waals surface area contributed by atoms with E-state index in [0.717, 1.165) is 0 Å². The molecule has 0 rings (SSSR count). The standard InChI is InChI=1S/C5H8BrO2/c1-3-8-5(7)4(2)6/h4H,1,3H2,2H3/q+1. The highest BCUT2D eigenvalue weighted by molar-refractivity contribution is 9.10. The molecule has 0 bridgehead atoms. The number of halogens is 1. The summed E-state index contributed by atoms with van der Waals surface area (Å²) >= 11 is 3.04. The summed E-state index contributed by atoms with van der Waals surface area (Å²) < 4.78 is 4.51. The zero-order valence-corrected chi connectivity index (χ0v) is 6.27. The lowest BCUT2D eigenvalue weighted by atomic mass is 10.5. The van der Waals surface area contributed by atoms with Gasteiger partial charge in [-0.3, -0.25) is 4.79 Å². The zero-order valence-electron chi connectivity index (χ0n) is 4.69. The molecule has 1 atom stereocenters. The van der Waals surface area contributed by atoms with Crippen LogP contribution >= 0.6 is 15.9 Å². The quantitative estimate of drug-likeness (QED) is 0.362. The molecule has 0 aromatic heterocycles. The number of alkyl halides is 1. The van der Waals surface area contributed by atoms with E-state index in [-0.39, 0.29) is 17.4 Å². The molecule has 0 heterocycles. The van der Waals surface area contributed by atoms with Crippen LogP contribution in [-0.4, -0.2) is 17.4 Å². The fraction of sp³-hybridized carbons (Fsp3) is 0.600.